The van der Waals surface area contributed by atoms with Crippen LogP contribution in [0.3, 0.4) is 0 Å². The van der Waals surface area contributed by atoms with Crippen LogP contribution in [-0.2, 0) is 18.4 Å². The Kier molecular flexibility index (Phi) is 6.18. The molecule has 0 aliphatic carbocycles. The van der Waals surface area contributed by atoms with Crippen molar-refractivity contribution in [2.75, 3.05) is 18.4 Å². The molecule has 1 aromatic heterocycles. The number of nitrogens with zero attached hydrogens (tertiary/aromatic N) is 3. The Balaban J connectivity index is 1.45. The van der Waals surface area contributed by atoms with Crippen LogP contribution in [0.15, 0.2) is 36.4 Å². The molecule has 28 heavy (non-hydrogen) atoms. The van der Waals surface area contributed by atoms with Gasteiger partial charge in [0.15, 0.2) is 0 Å². The second-order valence-electron chi connectivity index (χ2n) is 7.30. The van der Waals surface area contributed by atoms with E-state index in [1.807, 2.05) is 36.4 Å². The molecule has 3 rings (SSSR count). The predicted octanol–water partition coefficient (Wildman–Crippen LogP) is 3.08. The Bertz CT molecular complexity index is 819. The molecular formula is C20H27N5O3. The van der Waals surface area contributed by atoms with Crippen LogP contribution >= 0.6 is 0 Å². The maximum atomic E-state index is 12.3. The van der Waals surface area contributed by atoms with Gasteiger partial charge in [0.1, 0.15) is 12.4 Å². The molecule has 0 spiro atoms. The molecule has 3 amide bonds. The number of aromatic nitrogens is 2. The highest BCUT2D eigenvalue weighted by Gasteiger charge is 2.28. The van der Waals surface area contributed by atoms with Gasteiger partial charge in [0, 0.05) is 32.2 Å². The van der Waals surface area contributed by atoms with Crippen LogP contribution in [-0.4, -0.2) is 45.9 Å². The Morgan fingerprint density at radius 3 is 2.71 bits per heavy atom. The van der Waals surface area contributed by atoms with E-state index in [9.17, 15) is 9.59 Å². The quantitative estimate of drug-likeness (QED) is 0.828. The monoisotopic (exact) mass is 385 g/mol. The van der Waals surface area contributed by atoms with E-state index < -0.39 is 0 Å². The zero-order valence-corrected chi connectivity index (χ0v) is 16.5. The molecule has 1 saturated heterocycles. The molecular weight excluding hydrogens is 358 g/mol. The molecule has 8 nitrogen and oxygen atoms in total. The number of urea groups is 1. The number of rotatable bonds is 5. The number of nitrogens with one attached hydrogen (secondary N) is 2. The van der Waals surface area contributed by atoms with Crippen LogP contribution < -0.4 is 10.6 Å². The molecule has 0 saturated carbocycles. The number of hydrogen-bond donors (Lipinski definition) is 2. The summed E-state index contributed by atoms with van der Waals surface area (Å²) >= 11 is 0. The second-order valence-corrected chi connectivity index (χ2v) is 7.30. The zero-order valence-electron chi connectivity index (χ0n) is 16.5. The van der Waals surface area contributed by atoms with E-state index >= 15 is 0 Å². The van der Waals surface area contributed by atoms with Gasteiger partial charge in [-0.3, -0.25) is 10.00 Å². The van der Waals surface area contributed by atoms with Crippen molar-refractivity contribution in [2.24, 2.45) is 7.05 Å². The van der Waals surface area contributed by atoms with E-state index in [2.05, 4.69) is 29.6 Å². The van der Waals surface area contributed by atoms with Crippen LogP contribution in [0, 0.1) is 0 Å². The summed E-state index contributed by atoms with van der Waals surface area (Å²) in [6.07, 6.45) is 0.331. The standard InChI is InChI=1S/C20H27N5O3/c1-14(2)17-11-18(24(3)23-17)22-19(26)21-16-9-10-25(12-16)20(27)28-13-15-7-5-4-6-8-15/h4-8,11,14,16H,9-10,12-13H2,1-3H3,(H2,21,22,26)/t16-/m0/s1. The van der Waals surface area contributed by atoms with Gasteiger partial charge in [-0.25, -0.2) is 9.59 Å². The molecule has 8 heteroatoms. The van der Waals surface area contributed by atoms with Crippen molar-refractivity contribution in [3.63, 3.8) is 0 Å². The minimum atomic E-state index is -0.359. The number of hydrogen-bond acceptors (Lipinski definition) is 4. The summed E-state index contributed by atoms with van der Waals surface area (Å²) in [4.78, 5) is 26.1. The fourth-order valence-corrected chi connectivity index (χ4v) is 3.08. The molecule has 0 bridgehead atoms. The number of anilines is 1. The highest BCUT2D eigenvalue weighted by molar-refractivity contribution is 5.88. The molecule has 0 unspecified atom stereocenters. The van der Waals surface area contributed by atoms with E-state index in [0.29, 0.717) is 25.3 Å². The summed E-state index contributed by atoms with van der Waals surface area (Å²) in [5.41, 5.74) is 1.87. The van der Waals surface area contributed by atoms with Crippen molar-refractivity contribution in [1.82, 2.24) is 20.0 Å². The third-order valence-corrected chi connectivity index (χ3v) is 4.72. The van der Waals surface area contributed by atoms with Gasteiger partial charge >= 0.3 is 12.1 Å². The van der Waals surface area contributed by atoms with Gasteiger partial charge in [0.2, 0.25) is 0 Å². The fourth-order valence-electron chi connectivity index (χ4n) is 3.08. The Hall–Kier alpha value is -3.03. The normalized spacial score (nSPS) is 16.3. The summed E-state index contributed by atoms with van der Waals surface area (Å²) in [6.45, 7) is 5.34. The van der Waals surface area contributed by atoms with Gasteiger partial charge in [0.05, 0.1) is 5.69 Å². The molecule has 1 aliphatic heterocycles. The lowest BCUT2D eigenvalue weighted by Gasteiger charge is -2.17. The minimum Gasteiger partial charge on any atom is -0.445 e. The van der Waals surface area contributed by atoms with E-state index in [0.717, 1.165) is 11.3 Å². The molecule has 2 N–H and O–H groups in total. The van der Waals surface area contributed by atoms with Gasteiger partial charge in [-0.1, -0.05) is 44.2 Å². The van der Waals surface area contributed by atoms with E-state index in [4.69, 9.17) is 4.74 Å². The largest absolute Gasteiger partial charge is 0.445 e. The summed E-state index contributed by atoms with van der Waals surface area (Å²) in [5, 5.41) is 10.1. The van der Waals surface area contributed by atoms with Gasteiger partial charge in [-0.05, 0) is 17.9 Å². The number of amides is 3. The van der Waals surface area contributed by atoms with Gasteiger partial charge in [-0.2, -0.15) is 5.10 Å². The van der Waals surface area contributed by atoms with E-state index in [1.54, 1.807) is 16.6 Å². The highest BCUT2D eigenvalue weighted by atomic mass is 16.6. The molecule has 1 aliphatic rings. The first-order valence-electron chi connectivity index (χ1n) is 9.49. The summed E-state index contributed by atoms with van der Waals surface area (Å²) < 4.78 is 7.00. The predicted molar refractivity (Wildman–Crippen MR) is 106 cm³/mol. The van der Waals surface area contributed by atoms with Crippen LogP contribution in [0.25, 0.3) is 0 Å². The molecule has 2 aromatic rings. The van der Waals surface area contributed by atoms with Crippen LogP contribution in [0.1, 0.15) is 37.4 Å². The maximum Gasteiger partial charge on any atom is 0.410 e. The fraction of sp³-hybridized carbons (Fsp3) is 0.450. The number of benzene rings is 1. The smallest absolute Gasteiger partial charge is 0.410 e. The Morgan fingerprint density at radius 2 is 2.04 bits per heavy atom. The summed E-state index contributed by atoms with van der Waals surface area (Å²) in [5.74, 6) is 0.924. The first kappa shape index (κ1) is 19.7. The number of likely N-dealkylation sites (tertiary alicyclic amines) is 1. The van der Waals surface area contributed by atoms with Crippen molar-refractivity contribution in [1.29, 1.82) is 0 Å². The van der Waals surface area contributed by atoms with Gasteiger partial charge in [0.25, 0.3) is 0 Å². The lowest BCUT2D eigenvalue weighted by Crippen LogP contribution is -2.41. The minimum absolute atomic E-state index is 0.109. The van der Waals surface area contributed by atoms with Crippen molar-refractivity contribution in [3.8, 4) is 0 Å². The number of carbonyl (C=O) groups excluding carboxylic acids is 2. The lowest BCUT2D eigenvalue weighted by molar-refractivity contribution is 0.103. The van der Waals surface area contributed by atoms with Crippen molar-refractivity contribution in [3.05, 3.63) is 47.7 Å². The summed E-state index contributed by atoms with van der Waals surface area (Å²) in [6, 6.07) is 11.0. The second kappa shape index (κ2) is 8.77. The third-order valence-electron chi connectivity index (χ3n) is 4.72. The van der Waals surface area contributed by atoms with Gasteiger partial charge < -0.3 is 15.0 Å². The number of ether oxygens (including phenoxy) is 1. The van der Waals surface area contributed by atoms with Crippen molar-refractivity contribution >= 4 is 17.9 Å². The molecule has 150 valence electrons. The van der Waals surface area contributed by atoms with E-state index in [-0.39, 0.29) is 30.7 Å². The van der Waals surface area contributed by atoms with Crippen LogP contribution in [0.5, 0.6) is 0 Å². The SMILES string of the molecule is CC(C)c1cc(NC(=O)N[C@H]2CCN(C(=O)OCc3ccccc3)C2)n(C)n1. The molecule has 2 heterocycles. The number of carbonyl (C=O) groups is 2. The van der Waals surface area contributed by atoms with Gasteiger partial charge in [-0.15, -0.1) is 0 Å². The highest BCUT2D eigenvalue weighted by Crippen LogP contribution is 2.17. The van der Waals surface area contributed by atoms with Crippen LogP contribution in [0.4, 0.5) is 15.4 Å². The first-order valence-corrected chi connectivity index (χ1v) is 9.49. The van der Waals surface area contributed by atoms with Crippen molar-refractivity contribution in [2.45, 2.75) is 38.8 Å². The lowest BCUT2D eigenvalue weighted by atomic mass is 10.1. The van der Waals surface area contributed by atoms with Crippen LogP contribution in [0.2, 0.25) is 0 Å². The first-order chi connectivity index (χ1) is 13.4. The molecule has 1 fully saturated rings. The maximum absolute atomic E-state index is 12.3. The number of aryl methyl sites for hydroxylation is 1. The third kappa shape index (κ3) is 5.03. The summed E-state index contributed by atoms with van der Waals surface area (Å²) in [7, 11) is 1.79. The Labute approximate surface area is 164 Å². The zero-order chi connectivity index (χ0) is 20.1. The molecule has 1 aromatic carbocycles. The van der Waals surface area contributed by atoms with E-state index in [1.165, 1.54) is 0 Å². The average molecular weight is 385 g/mol. The Morgan fingerprint density at radius 1 is 1.29 bits per heavy atom. The molecule has 1 atom stereocenters. The molecule has 0 radical (unpaired) electrons. The topological polar surface area (TPSA) is 88.5 Å². The van der Waals surface area contributed by atoms with Crippen molar-refractivity contribution < 1.29 is 14.3 Å². The average Bonchev–Trinajstić information content (AvgIpc) is 3.28.